The number of nitrogens with zero attached hydrogens (tertiary/aromatic N) is 2. The van der Waals surface area contributed by atoms with Gasteiger partial charge in [0.1, 0.15) is 19.0 Å². The largest absolute Gasteiger partial charge is 0.573 e. The van der Waals surface area contributed by atoms with Crippen molar-refractivity contribution in [1.29, 1.82) is 0 Å². The molecule has 2 aromatic carbocycles. The Morgan fingerprint density at radius 2 is 1.69 bits per heavy atom. The highest BCUT2D eigenvalue weighted by Gasteiger charge is 2.35. The van der Waals surface area contributed by atoms with Crippen LogP contribution in [0.25, 0.3) is 0 Å². The van der Waals surface area contributed by atoms with Gasteiger partial charge in [-0.25, -0.2) is 0 Å². The summed E-state index contributed by atoms with van der Waals surface area (Å²) in [7, 11) is 0. The number of halogens is 3. The van der Waals surface area contributed by atoms with E-state index >= 15 is 0 Å². The average Bonchev–Trinajstić information content (AvgIpc) is 2.84. The van der Waals surface area contributed by atoms with Crippen LogP contribution in [0.15, 0.2) is 42.5 Å². The first-order chi connectivity index (χ1) is 16.7. The molecule has 2 heterocycles. The lowest BCUT2D eigenvalue weighted by atomic mass is 9.84. The van der Waals surface area contributed by atoms with Crippen molar-refractivity contribution in [3.8, 4) is 17.2 Å². The van der Waals surface area contributed by atoms with E-state index in [1.807, 2.05) is 32.0 Å². The number of rotatable bonds is 8. The van der Waals surface area contributed by atoms with Crippen molar-refractivity contribution < 1.29 is 32.5 Å². The molecule has 0 aromatic heterocycles. The Hall–Kier alpha value is -2.65. The molecule has 1 saturated heterocycles. The fourth-order valence-electron chi connectivity index (χ4n) is 4.82. The Bertz CT molecular complexity index is 977. The number of hydrogen-bond donors (Lipinski definition) is 1. The number of ether oxygens (including phenoxy) is 3. The van der Waals surface area contributed by atoms with Crippen LogP contribution in [0.2, 0.25) is 0 Å². The molecule has 2 aliphatic rings. The third-order valence-corrected chi connectivity index (χ3v) is 6.65. The Morgan fingerprint density at radius 3 is 2.40 bits per heavy atom. The number of benzene rings is 2. The minimum Gasteiger partial charge on any atom is -0.486 e. The maximum absolute atomic E-state index is 13.0. The number of fused-ring (bicyclic) bond motifs is 1. The predicted octanol–water partition coefficient (Wildman–Crippen LogP) is 4.67. The van der Waals surface area contributed by atoms with Gasteiger partial charge in [-0.3, -0.25) is 4.90 Å². The van der Waals surface area contributed by atoms with Crippen LogP contribution in [-0.4, -0.2) is 68.4 Å². The fourth-order valence-corrected chi connectivity index (χ4v) is 4.82. The zero-order chi connectivity index (χ0) is 25.0. The van der Waals surface area contributed by atoms with Crippen LogP contribution in [0, 0.1) is 5.92 Å². The average molecular weight is 495 g/mol. The molecule has 2 unspecified atom stereocenters. The normalized spacial score (nSPS) is 18.4. The summed E-state index contributed by atoms with van der Waals surface area (Å²) in [6, 6.07) is 12.0. The van der Waals surface area contributed by atoms with Crippen LogP contribution in [0.4, 0.5) is 18.9 Å². The van der Waals surface area contributed by atoms with Gasteiger partial charge in [-0.2, -0.15) is 0 Å². The quantitative estimate of drug-likeness (QED) is 0.576. The summed E-state index contributed by atoms with van der Waals surface area (Å²) < 4.78 is 54.8. The number of anilines is 1. The molecular formula is C26H33F3N2O4. The van der Waals surface area contributed by atoms with E-state index < -0.39 is 18.4 Å². The van der Waals surface area contributed by atoms with Gasteiger partial charge in [0.2, 0.25) is 0 Å². The van der Waals surface area contributed by atoms with Crippen LogP contribution < -0.4 is 19.1 Å². The summed E-state index contributed by atoms with van der Waals surface area (Å²) in [6.45, 7) is 8.68. The lowest BCUT2D eigenvalue weighted by Gasteiger charge is -2.38. The summed E-state index contributed by atoms with van der Waals surface area (Å²) in [5.74, 6) is 0.723. The molecule has 0 radical (unpaired) electrons. The van der Waals surface area contributed by atoms with Crippen molar-refractivity contribution in [2.24, 2.45) is 5.92 Å². The SMILES string of the molecule is CC(C)C(O)C(CCN1CCN(c2cccc3c2OCCO3)CC1)c1ccccc1OC(F)(F)F. The van der Waals surface area contributed by atoms with Crippen molar-refractivity contribution in [3.63, 3.8) is 0 Å². The minimum absolute atomic E-state index is 0.109. The highest BCUT2D eigenvalue weighted by atomic mass is 19.4. The van der Waals surface area contributed by atoms with Gasteiger partial charge in [-0.1, -0.05) is 38.1 Å². The number of aliphatic hydroxyl groups is 1. The zero-order valence-electron chi connectivity index (χ0n) is 20.1. The van der Waals surface area contributed by atoms with Gasteiger partial charge in [0.25, 0.3) is 0 Å². The number of alkyl halides is 3. The molecule has 9 heteroatoms. The van der Waals surface area contributed by atoms with Crippen LogP contribution >= 0.6 is 0 Å². The van der Waals surface area contributed by atoms with E-state index in [0.717, 1.165) is 43.4 Å². The number of piperazine rings is 1. The Morgan fingerprint density at radius 1 is 0.971 bits per heavy atom. The molecular weight excluding hydrogens is 461 g/mol. The molecule has 2 aliphatic heterocycles. The monoisotopic (exact) mass is 494 g/mol. The molecule has 0 aliphatic carbocycles. The molecule has 6 nitrogen and oxygen atoms in total. The van der Waals surface area contributed by atoms with Crippen molar-refractivity contribution in [2.75, 3.05) is 50.8 Å². The summed E-state index contributed by atoms with van der Waals surface area (Å²) in [5, 5.41) is 10.9. The number of aliphatic hydroxyl groups excluding tert-OH is 1. The van der Waals surface area contributed by atoms with E-state index in [4.69, 9.17) is 9.47 Å². The van der Waals surface area contributed by atoms with E-state index in [1.54, 1.807) is 12.1 Å². The van der Waals surface area contributed by atoms with E-state index in [0.29, 0.717) is 31.7 Å². The molecule has 4 rings (SSSR count). The second-order valence-electron chi connectivity index (χ2n) is 9.35. The maximum atomic E-state index is 13.0. The lowest BCUT2D eigenvalue weighted by molar-refractivity contribution is -0.275. The first-order valence-electron chi connectivity index (χ1n) is 12.1. The van der Waals surface area contributed by atoms with Gasteiger partial charge in [0, 0.05) is 37.7 Å². The van der Waals surface area contributed by atoms with E-state index in [1.165, 1.54) is 12.1 Å². The lowest BCUT2D eigenvalue weighted by Crippen LogP contribution is -2.47. The summed E-state index contributed by atoms with van der Waals surface area (Å²) in [5.41, 5.74) is 1.41. The highest BCUT2D eigenvalue weighted by molar-refractivity contribution is 5.65. The highest BCUT2D eigenvalue weighted by Crippen LogP contribution is 2.40. The molecule has 0 amide bonds. The molecule has 0 bridgehead atoms. The second kappa shape index (κ2) is 11.0. The Kier molecular flexibility index (Phi) is 7.96. The molecule has 0 spiro atoms. The zero-order valence-corrected chi connectivity index (χ0v) is 20.1. The summed E-state index contributed by atoms with van der Waals surface area (Å²) in [6.07, 6.45) is -5.05. The molecule has 2 atom stereocenters. The van der Waals surface area contributed by atoms with Crippen molar-refractivity contribution in [3.05, 3.63) is 48.0 Å². The molecule has 0 saturated carbocycles. The van der Waals surface area contributed by atoms with E-state index in [9.17, 15) is 18.3 Å². The third-order valence-electron chi connectivity index (χ3n) is 6.65. The predicted molar refractivity (Wildman–Crippen MR) is 127 cm³/mol. The Balaban J connectivity index is 1.41. The number of para-hydroxylation sites is 2. The van der Waals surface area contributed by atoms with Gasteiger partial charge in [-0.05, 0) is 37.1 Å². The summed E-state index contributed by atoms with van der Waals surface area (Å²) in [4.78, 5) is 4.56. The van der Waals surface area contributed by atoms with Crippen LogP contribution in [0.5, 0.6) is 17.2 Å². The molecule has 1 N–H and O–H groups in total. The van der Waals surface area contributed by atoms with Crippen LogP contribution in [-0.2, 0) is 0 Å². The van der Waals surface area contributed by atoms with E-state index in [2.05, 4.69) is 14.5 Å². The van der Waals surface area contributed by atoms with Gasteiger partial charge in [0.05, 0.1) is 11.8 Å². The van der Waals surface area contributed by atoms with E-state index in [-0.39, 0.29) is 11.7 Å². The molecule has 2 aromatic rings. The first kappa shape index (κ1) is 25.4. The van der Waals surface area contributed by atoms with Crippen LogP contribution in [0.1, 0.15) is 31.7 Å². The van der Waals surface area contributed by atoms with Crippen molar-refractivity contribution in [1.82, 2.24) is 4.90 Å². The summed E-state index contributed by atoms with van der Waals surface area (Å²) >= 11 is 0. The molecule has 35 heavy (non-hydrogen) atoms. The van der Waals surface area contributed by atoms with Crippen LogP contribution in [0.3, 0.4) is 0 Å². The van der Waals surface area contributed by atoms with Crippen molar-refractivity contribution in [2.45, 2.75) is 38.7 Å². The minimum atomic E-state index is -4.79. The topological polar surface area (TPSA) is 54.4 Å². The number of hydrogen-bond acceptors (Lipinski definition) is 6. The Labute approximate surface area is 204 Å². The smallest absolute Gasteiger partial charge is 0.486 e. The van der Waals surface area contributed by atoms with Crippen molar-refractivity contribution >= 4 is 5.69 Å². The molecule has 192 valence electrons. The maximum Gasteiger partial charge on any atom is 0.573 e. The van der Waals surface area contributed by atoms with Gasteiger partial charge >= 0.3 is 6.36 Å². The van der Waals surface area contributed by atoms with Gasteiger partial charge in [0.15, 0.2) is 11.5 Å². The van der Waals surface area contributed by atoms with Gasteiger partial charge in [-0.15, -0.1) is 13.2 Å². The fraction of sp³-hybridized carbons (Fsp3) is 0.538. The third kappa shape index (κ3) is 6.32. The standard InChI is InChI=1S/C26H33F3N2O4/c1-18(2)24(32)20(19-6-3-4-8-22(19)35-26(27,28)29)10-11-30-12-14-31(15-13-30)21-7-5-9-23-25(21)34-17-16-33-23/h3-9,18,20,24,32H,10-17H2,1-2H3. The van der Waals surface area contributed by atoms with Gasteiger partial charge < -0.3 is 24.2 Å². The first-order valence-corrected chi connectivity index (χ1v) is 12.1. The second-order valence-corrected chi connectivity index (χ2v) is 9.35. The molecule has 1 fully saturated rings.